The Balaban J connectivity index is 2.22. The molecule has 1 aromatic rings. The van der Waals surface area contributed by atoms with Crippen LogP contribution in [0.3, 0.4) is 0 Å². The fraction of sp³-hybridized carbons (Fsp3) is 0.250. The van der Waals surface area contributed by atoms with E-state index in [-0.39, 0.29) is 12.1 Å². The summed E-state index contributed by atoms with van der Waals surface area (Å²) >= 11 is 0. The third-order valence-electron chi connectivity index (χ3n) is 2.55. The van der Waals surface area contributed by atoms with E-state index >= 15 is 0 Å². The summed E-state index contributed by atoms with van der Waals surface area (Å²) in [6.45, 7) is 3.64. The maximum Gasteiger partial charge on any atom is 0.408 e. The molecule has 1 aliphatic rings. The summed E-state index contributed by atoms with van der Waals surface area (Å²) in [4.78, 5) is 11.1. The minimum Gasteiger partial charge on any atom is -0.497 e. The Morgan fingerprint density at radius 2 is 2.12 bits per heavy atom. The fourth-order valence-corrected chi connectivity index (χ4v) is 1.70. The van der Waals surface area contributed by atoms with Gasteiger partial charge < -0.3 is 14.8 Å². The smallest absolute Gasteiger partial charge is 0.408 e. The van der Waals surface area contributed by atoms with Crippen molar-refractivity contribution < 1.29 is 14.3 Å². The van der Waals surface area contributed by atoms with Gasteiger partial charge in [0.25, 0.3) is 0 Å². The summed E-state index contributed by atoms with van der Waals surface area (Å²) in [6, 6.07) is 7.32. The number of rotatable bonds is 3. The molecule has 0 aliphatic carbocycles. The molecule has 16 heavy (non-hydrogen) atoms. The van der Waals surface area contributed by atoms with Crippen LogP contribution in [0.2, 0.25) is 0 Å². The van der Waals surface area contributed by atoms with Crippen LogP contribution in [0.25, 0.3) is 0 Å². The summed E-state index contributed by atoms with van der Waals surface area (Å²) < 4.78 is 10.1. The second kappa shape index (κ2) is 4.26. The van der Waals surface area contributed by atoms with Crippen molar-refractivity contribution in [3.05, 3.63) is 42.5 Å². The van der Waals surface area contributed by atoms with Crippen LogP contribution in [0.1, 0.15) is 11.6 Å². The number of nitrogens with one attached hydrogen (secondary N) is 1. The van der Waals surface area contributed by atoms with Crippen LogP contribution in [0.4, 0.5) is 4.79 Å². The molecule has 84 valence electrons. The van der Waals surface area contributed by atoms with Gasteiger partial charge in [-0.25, -0.2) is 4.79 Å². The molecule has 1 saturated heterocycles. The molecule has 0 bridgehead atoms. The quantitative estimate of drug-likeness (QED) is 0.791. The molecule has 4 nitrogen and oxygen atoms in total. The van der Waals surface area contributed by atoms with E-state index in [1.807, 2.05) is 24.3 Å². The lowest BCUT2D eigenvalue weighted by atomic mass is 10.0. The van der Waals surface area contributed by atoms with Crippen molar-refractivity contribution in [3.63, 3.8) is 0 Å². The van der Waals surface area contributed by atoms with Crippen molar-refractivity contribution in [1.82, 2.24) is 5.32 Å². The summed E-state index contributed by atoms with van der Waals surface area (Å²) in [5.74, 6) is 0.782. The van der Waals surface area contributed by atoms with E-state index in [0.717, 1.165) is 11.3 Å². The highest BCUT2D eigenvalue weighted by Gasteiger charge is 2.32. The zero-order valence-corrected chi connectivity index (χ0v) is 8.97. The van der Waals surface area contributed by atoms with E-state index in [1.54, 1.807) is 13.2 Å². The van der Waals surface area contributed by atoms with Gasteiger partial charge in [0.15, 0.2) is 0 Å². The first-order chi connectivity index (χ1) is 7.74. The molecule has 0 aromatic heterocycles. The third kappa shape index (κ3) is 1.86. The van der Waals surface area contributed by atoms with Gasteiger partial charge in [0.2, 0.25) is 0 Å². The van der Waals surface area contributed by atoms with Gasteiger partial charge in [-0.1, -0.05) is 18.7 Å². The summed E-state index contributed by atoms with van der Waals surface area (Å²) in [6.07, 6.45) is 0.888. The number of carbonyl (C=O) groups excluding carboxylic acids is 1. The first-order valence-electron chi connectivity index (χ1n) is 4.98. The Bertz CT molecular complexity index is 399. The van der Waals surface area contributed by atoms with Crippen LogP contribution >= 0.6 is 0 Å². The molecule has 1 heterocycles. The minimum atomic E-state index is -0.411. The van der Waals surface area contributed by atoms with Crippen LogP contribution in [-0.2, 0) is 4.74 Å². The lowest BCUT2D eigenvalue weighted by molar-refractivity contribution is 0.153. The number of amides is 1. The van der Waals surface area contributed by atoms with Crippen molar-refractivity contribution in [1.29, 1.82) is 0 Å². The maximum absolute atomic E-state index is 11.1. The van der Waals surface area contributed by atoms with Gasteiger partial charge in [-0.15, -0.1) is 0 Å². The molecule has 1 amide bonds. The van der Waals surface area contributed by atoms with Crippen molar-refractivity contribution in [3.8, 4) is 5.75 Å². The number of cyclic esters (lactones) is 1. The average Bonchev–Trinajstić information content (AvgIpc) is 2.70. The van der Waals surface area contributed by atoms with Gasteiger partial charge >= 0.3 is 6.09 Å². The highest BCUT2D eigenvalue weighted by molar-refractivity contribution is 5.71. The Hall–Kier alpha value is -1.97. The molecule has 0 unspecified atom stereocenters. The molecule has 1 N–H and O–H groups in total. The van der Waals surface area contributed by atoms with Crippen molar-refractivity contribution in [2.45, 2.75) is 12.1 Å². The Labute approximate surface area is 93.9 Å². The van der Waals surface area contributed by atoms with Crippen LogP contribution < -0.4 is 10.1 Å². The molecule has 1 aliphatic heterocycles. The maximum atomic E-state index is 11.1. The number of hydrogen-bond donors (Lipinski definition) is 1. The van der Waals surface area contributed by atoms with Gasteiger partial charge in [-0.3, -0.25) is 0 Å². The second-order valence-corrected chi connectivity index (χ2v) is 3.50. The molecule has 4 heteroatoms. The van der Waals surface area contributed by atoms with Gasteiger partial charge in [0.05, 0.1) is 13.2 Å². The predicted molar refractivity (Wildman–Crippen MR) is 59.3 cm³/mol. The summed E-state index contributed by atoms with van der Waals surface area (Å²) in [5, 5.41) is 2.74. The van der Waals surface area contributed by atoms with E-state index in [2.05, 4.69) is 11.9 Å². The summed E-state index contributed by atoms with van der Waals surface area (Å²) in [5.41, 5.74) is 0.969. The van der Waals surface area contributed by atoms with Crippen LogP contribution in [0.15, 0.2) is 36.9 Å². The van der Waals surface area contributed by atoms with E-state index in [9.17, 15) is 4.79 Å². The Kier molecular flexibility index (Phi) is 2.81. The Morgan fingerprint density at radius 3 is 2.69 bits per heavy atom. The number of ether oxygens (including phenoxy) is 2. The number of benzene rings is 1. The highest BCUT2D eigenvalue weighted by atomic mass is 16.6. The average molecular weight is 219 g/mol. The van der Waals surface area contributed by atoms with Crippen molar-refractivity contribution >= 4 is 6.09 Å². The molecule has 0 spiro atoms. The molecule has 0 saturated carbocycles. The molecular weight excluding hydrogens is 206 g/mol. The number of hydrogen-bond acceptors (Lipinski definition) is 3. The normalized spacial score (nSPS) is 23.4. The lowest BCUT2D eigenvalue weighted by Crippen LogP contribution is -2.21. The van der Waals surface area contributed by atoms with Crippen molar-refractivity contribution in [2.75, 3.05) is 7.11 Å². The SMILES string of the molecule is C=C[C@@H]1OC(=O)N[C@H]1c1ccc(OC)cc1. The molecule has 2 atom stereocenters. The van der Waals surface area contributed by atoms with E-state index in [0.29, 0.717) is 0 Å². The molecule has 1 fully saturated rings. The summed E-state index contributed by atoms with van der Waals surface area (Å²) in [7, 11) is 1.61. The van der Waals surface area contributed by atoms with Gasteiger partial charge in [0, 0.05) is 0 Å². The van der Waals surface area contributed by atoms with E-state index < -0.39 is 6.09 Å². The topological polar surface area (TPSA) is 47.6 Å². The Morgan fingerprint density at radius 1 is 1.44 bits per heavy atom. The standard InChI is InChI=1S/C12H13NO3/c1-3-10-11(13-12(14)16-10)8-4-6-9(15-2)7-5-8/h3-7,10-11H,1H2,2H3,(H,13,14)/t10-,11-/m0/s1. The number of methoxy groups -OCH3 is 1. The van der Waals surface area contributed by atoms with E-state index in [4.69, 9.17) is 9.47 Å². The van der Waals surface area contributed by atoms with E-state index in [1.165, 1.54) is 0 Å². The molecule has 0 radical (unpaired) electrons. The molecule has 1 aromatic carbocycles. The first kappa shape index (κ1) is 10.5. The zero-order chi connectivity index (χ0) is 11.5. The van der Waals surface area contributed by atoms with Crippen LogP contribution in [-0.4, -0.2) is 19.3 Å². The predicted octanol–water partition coefficient (Wildman–Crippen LogP) is 2.03. The van der Waals surface area contributed by atoms with Gasteiger partial charge in [-0.2, -0.15) is 0 Å². The number of carbonyl (C=O) groups is 1. The van der Waals surface area contributed by atoms with Crippen molar-refractivity contribution in [2.24, 2.45) is 0 Å². The monoisotopic (exact) mass is 219 g/mol. The third-order valence-corrected chi connectivity index (χ3v) is 2.55. The van der Waals surface area contributed by atoms with Gasteiger partial charge in [0.1, 0.15) is 11.9 Å². The second-order valence-electron chi connectivity index (χ2n) is 3.50. The highest BCUT2D eigenvalue weighted by Crippen LogP contribution is 2.26. The number of alkyl carbamates (subject to hydrolysis) is 1. The largest absolute Gasteiger partial charge is 0.497 e. The molecule has 2 rings (SSSR count). The zero-order valence-electron chi connectivity index (χ0n) is 8.97. The minimum absolute atomic E-state index is 0.170. The van der Waals surface area contributed by atoms with Crippen LogP contribution in [0, 0.1) is 0 Å². The van der Waals surface area contributed by atoms with Gasteiger partial charge in [-0.05, 0) is 23.8 Å². The van der Waals surface area contributed by atoms with Crippen LogP contribution in [0.5, 0.6) is 5.75 Å². The molecular formula is C12H13NO3. The lowest BCUT2D eigenvalue weighted by Gasteiger charge is -2.13. The first-order valence-corrected chi connectivity index (χ1v) is 4.98. The fourth-order valence-electron chi connectivity index (χ4n) is 1.70.